The Kier molecular flexibility index (Phi) is 7.54. The maximum atomic E-state index is 2.50. The van der Waals surface area contributed by atoms with Crippen molar-refractivity contribution in [1.29, 1.82) is 0 Å². The van der Waals surface area contributed by atoms with Gasteiger partial charge in [0, 0.05) is 39.4 Å². The number of rotatable bonds is 6. The Bertz CT molecular complexity index is 2700. The van der Waals surface area contributed by atoms with Gasteiger partial charge in [0.1, 0.15) is 0 Å². The molecule has 1 aliphatic rings. The van der Waals surface area contributed by atoms with Gasteiger partial charge in [-0.1, -0.05) is 146 Å². The fourth-order valence-corrected chi connectivity index (χ4v) is 8.54. The SMILES string of the molecule is CC1C=Cc2c(n(-c3ccc(-c4c5ccccc5c(-c5ccccc5)c5ccccc45)cc3)c3ccc(N(c4ccccc4)c4ccccc4)cc23)C1. The molecular weight excluding hydrogens is 641 g/mol. The minimum absolute atomic E-state index is 0.468. The molecular formula is C51H38N2. The number of anilines is 3. The number of nitrogens with zero attached hydrogens (tertiary/aromatic N) is 2. The van der Waals surface area contributed by atoms with E-state index in [0.29, 0.717) is 5.92 Å². The normalized spacial score (nSPS) is 13.8. The largest absolute Gasteiger partial charge is 0.313 e. The van der Waals surface area contributed by atoms with E-state index in [1.807, 2.05) is 0 Å². The van der Waals surface area contributed by atoms with Crippen LogP contribution in [0.2, 0.25) is 0 Å². The van der Waals surface area contributed by atoms with E-state index < -0.39 is 0 Å². The smallest absolute Gasteiger partial charge is 0.0539 e. The van der Waals surface area contributed by atoms with Crippen LogP contribution in [0.5, 0.6) is 0 Å². The van der Waals surface area contributed by atoms with E-state index in [0.717, 1.165) is 23.5 Å². The zero-order valence-electron chi connectivity index (χ0n) is 29.7. The highest BCUT2D eigenvalue weighted by Crippen LogP contribution is 2.45. The minimum atomic E-state index is 0.468. The lowest BCUT2D eigenvalue weighted by Crippen LogP contribution is -2.09. The lowest BCUT2D eigenvalue weighted by atomic mass is 9.86. The van der Waals surface area contributed by atoms with Gasteiger partial charge in [0.2, 0.25) is 0 Å². The molecule has 1 atom stereocenters. The van der Waals surface area contributed by atoms with Crippen molar-refractivity contribution in [2.24, 2.45) is 5.92 Å². The number of hydrogen-bond donors (Lipinski definition) is 0. The van der Waals surface area contributed by atoms with Crippen LogP contribution in [0, 0.1) is 5.92 Å². The number of para-hydroxylation sites is 2. The summed E-state index contributed by atoms with van der Waals surface area (Å²) in [6.07, 6.45) is 5.71. The van der Waals surface area contributed by atoms with Crippen molar-refractivity contribution in [3.63, 3.8) is 0 Å². The number of allylic oxidation sites excluding steroid dienone is 1. The van der Waals surface area contributed by atoms with Crippen molar-refractivity contribution < 1.29 is 0 Å². The second kappa shape index (κ2) is 12.8. The van der Waals surface area contributed by atoms with Gasteiger partial charge in [0.25, 0.3) is 0 Å². The van der Waals surface area contributed by atoms with Crippen molar-refractivity contribution in [2.45, 2.75) is 13.3 Å². The van der Waals surface area contributed by atoms with Gasteiger partial charge in [-0.05, 0) is 111 Å². The number of benzene rings is 8. The number of aromatic nitrogens is 1. The molecule has 1 unspecified atom stereocenters. The topological polar surface area (TPSA) is 8.17 Å². The Labute approximate surface area is 310 Å². The molecule has 0 N–H and O–H groups in total. The van der Waals surface area contributed by atoms with Gasteiger partial charge >= 0.3 is 0 Å². The summed E-state index contributed by atoms with van der Waals surface area (Å²) in [6, 6.07) is 66.2. The molecule has 53 heavy (non-hydrogen) atoms. The predicted molar refractivity (Wildman–Crippen MR) is 226 cm³/mol. The zero-order chi connectivity index (χ0) is 35.3. The lowest BCUT2D eigenvalue weighted by molar-refractivity contribution is 0.690. The molecule has 0 saturated carbocycles. The third-order valence-electron chi connectivity index (χ3n) is 10.9. The predicted octanol–water partition coefficient (Wildman–Crippen LogP) is 13.9. The third-order valence-corrected chi connectivity index (χ3v) is 10.9. The molecule has 0 saturated heterocycles. The van der Waals surface area contributed by atoms with Gasteiger partial charge in [-0.2, -0.15) is 0 Å². The zero-order valence-corrected chi connectivity index (χ0v) is 29.7. The Balaban J connectivity index is 1.13. The number of hydrogen-bond acceptors (Lipinski definition) is 1. The summed E-state index contributed by atoms with van der Waals surface area (Å²) in [5, 5.41) is 6.37. The Morgan fingerprint density at radius 1 is 0.472 bits per heavy atom. The first-order chi connectivity index (χ1) is 26.2. The van der Waals surface area contributed by atoms with Crippen molar-refractivity contribution >= 4 is 55.6 Å². The van der Waals surface area contributed by atoms with Crippen LogP contribution >= 0.6 is 0 Å². The van der Waals surface area contributed by atoms with Crippen LogP contribution in [0.15, 0.2) is 188 Å². The average molecular weight is 679 g/mol. The fraction of sp³-hybridized carbons (Fsp3) is 0.0588. The van der Waals surface area contributed by atoms with E-state index in [-0.39, 0.29) is 0 Å². The molecule has 10 rings (SSSR count). The first kappa shape index (κ1) is 31.1. The van der Waals surface area contributed by atoms with Gasteiger partial charge in [0.05, 0.1) is 5.52 Å². The molecule has 0 amide bonds. The summed E-state index contributed by atoms with van der Waals surface area (Å²) in [7, 11) is 0. The van der Waals surface area contributed by atoms with Crippen molar-refractivity contribution in [3.8, 4) is 27.9 Å². The fourth-order valence-electron chi connectivity index (χ4n) is 8.54. The third kappa shape index (κ3) is 5.26. The van der Waals surface area contributed by atoms with Gasteiger partial charge in [-0.25, -0.2) is 0 Å². The molecule has 252 valence electrons. The van der Waals surface area contributed by atoms with Crippen molar-refractivity contribution in [1.82, 2.24) is 4.57 Å². The number of fused-ring (bicyclic) bond motifs is 5. The Morgan fingerprint density at radius 2 is 0.962 bits per heavy atom. The molecule has 0 aliphatic heterocycles. The molecule has 9 aromatic rings. The second-order valence-electron chi connectivity index (χ2n) is 14.2. The van der Waals surface area contributed by atoms with Gasteiger partial charge in [-0.15, -0.1) is 0 Å². The summed E-state index contributed by atoms with van der Waals surface area (Å²) >= 11 is 0. The highest BCUT2D eigenvalue weighted by atomic mass is 15.1. The van der Waals surface area contributed by atoms with E-state index >= 15 is 0 Å². The lowest BCUT2D eigenvalue weighted by Gasteiger charge is -2.25. The van der Waals surface area contributed by atoms with E-state index in [1.54, 1.807) is 0 Å². The highest BCUT2D eigenvalue weighted by Gasteiger charge is 2.23. The van der Waals surface area contributed by atoms with E-state index in [1.165, 1.54) is 71.6 Å². The van der Waals surface area contributed by atoms with E-state index in [2.05, 4.69) is 211 Å². The van der Waals surface area contributed by atoms with Crippen LogP contribution in [0.4, 0.5) is 17.1 Å². The Hall–Kier alpha value is -6.64. The van der Waals surface area contributed by atoms with E-state index in [9.17, 15) is 0 Å². The van der Waals surface area contributed by atoms with Crippen LogP contribution in [0.1, 0.15) is 18.2 Å². The van der Waals surface area contributed by atoms with Gasteiger partial charge in [-0.3, -0.25) is 0 Å². The molecule has 0 fully saturated rings. The van der Waals surface area contributed by atoms with Crippen LogP contribution in [-0.4, -0.2) is 4.57 Å². The molecule has 1 heterocycles. The molecule has 0 radical (unpaired) electrons. The van der Waals surface area contributed by atoms with Crippen LogP contribution in [-0.2, 0) is 6.42 Å². The average Bonchev–Trinajstić information content (AvgIpc) is 3.54. The molecule has 2 heteroatoms. The summed E-state index contributed by atoms with van der Waals surface area (Å²) < 4.78 is 2.50. The van der Waals surface area contributed by atoms with Crippen molar-refractivity contribution in [3.05, 3.63) is 199 Å². The first-order valence-corrected chi connectivity index (χ1v) is 18.6. The molecule has 0 spiro atoms. The van der Waals surface area contributed by atoms with Crippen LogP contribution in [0.25, 0.3) is 66.5 Å². The molecule has 1 aliphatic carbocycles. The summed E-state index contributed by atoms with van der Waals surface area (Å²) in [4.78, 5) is 2.35. The maximum Gasteiger partial charge on any atom is 0.0539 e. The Morgan fingerprint density at radius 3 is 1.51 bits per heavy atom. The summed E-state index contributed by atoms with van der Waals surface area (Å²) in [5.41, 5.74) is 13.6. The summed E-state index contributed by atoms with van der Waals surface area (Å²) in [5.74, 6) is 0.468. The van der Waals surface area contributed by atoms with Crippen molar-refractivity contribution in [2.75, 3.05) is 4.90 Å². The first-order valence-electron chi connectivity index (χ1n) is 18.6. The quantitative estimate of drug-likeness (QED) is 0.159. The van der Waals surface area contributed by atoms with Crippen LogP contribution < -0.4 is 4.90 Å². The van der Waals surface area contributed by atoms with Gasteiger partial charge in [0.15, 0.2) is 0 Å². The molecule has 8 aromatic carbocycles. The standard InChI is InChI=1S/C51H38N2/c1-35-25-31-42-47-34-41(52(38-17-7-3-8-18-38)39-19-9-4-10-20-39)30-32-48(47)53(49(42)33-35)40-28-26-37(27-29-40)51-45-23-13-11-21-43(45)50(36-15-5-2-6-16-36)44-22-12-14-24-46(44)51/h2-32,34-35H,33H2,1H3. The molecule has 2 nitrogen and oxygen atoms in total. The van der Waals surface area contributed by atoms with E-state index in [4.69, 9.17) is 0 Å². The maximum absolute atomic E-state index is 2.50. The van der Waals surface area contributed by atoms with Crippen LogP contribution in [0.3, 0.4) is 0 Å². The molecule has 0 bridgehead atoms. The molecule has 1 aromatic heterocycles. The minimum Gasteiger partial charge on any atom is -0.313 e. The second-order valence-corrected chi connectivity index (χ2v) is 14.2. The van der Waals surface area contributed by atoms with Gasteiger partial charge < -0.3 is 9.47 Å². The monoisotopic (exact) mass is 678 g/mol. The summed E-state index contributed by atoms with van der Waals surface area (Å²) in [6.45, 7) is 2.32. The highest BCUT2D eigenvalue weighted by molar-refractivity contribution is 6.21.